The molecule has 0 radical (unpaired) electrons. The Kier molecular flexibility index (Phi) is 6.38. The van der Waals surface area contributed by atoms with Crippen LogP contribution in [0.15, 0.2) is 42.5 Å². The minimum atomic E-state index is -4.72. The van der Waals surface area contributed by atoms with Crippen LogP contribution in [0.25, 0.3) is 0 Å². The quantitative estimate of drug-likeness (QED) is 0.787. The monoisotopic (exact) mass is 371 g/mol. The predicted molar refractivity (Wildman–Crippen MR) is 82.9 cm³/mol. The van der Waals surface area contributed by atoms with Crippen molar-refractivity contribution >= 4 is 35.6 Å². The third-order valence-electron chi connectivity index (χ3n) is 2.77. The van der Waals surface area contributed by atoms with Crippen LogP contribution >= 0.6 is 35.6 Å². The van der Waals surface area contributed by atoms with Gasteiger partial charge in [0.2, 0.25) is 0 Å². The third-order valence-corrected chi connectivity index (χ3v) is 3.33. The van der Waals surface area contributed by atoms with Gasteiger partial charge in [0.25, 0.3) is 0 Å². The Hall–Kier alpha value is -1.14. The van der Waals surface area contributed by atoms with Crippen LogP contribution in [0.2, 0.25) is 10.0 Å². The Bertz CT molecular complexity index is 632. The predicted octanol–water partition coefficient (Wildman–Crippen LogP) is 5.36. The molecule has 2 rings (SSSR count). The van der Waals surface area contributed by atoms with Crippen molar-refractivity contribution in [3.8, 4) is 5.75 Å². The molecular formula is C14H11Cl3F3NO. The van der Waals surface area contributed by atoms with Crippen LogP contribution in [-0.2, 0) is 0 Å². The van der Waals surface area contributed by atoms with Crippen LogP contribution in [-0.4, -0.2) is 6.36 Å². The number of rotatable bonds is 3. The van der Waals surface area contributed by atoms with Gasteiger partial charge in [-0.25, -0.2) is 0 Å². The Morgan fingerprint density at radius 1 is 1.00 bits per heavy atom. The summed E-state index contributed by atoms with van der Waals surface area (Å²) in [7, 11) is 0. The summed E-state index contributed by atoms with van der Waals surface area (Å²) in [4.78, 5) is 0. The molecule has 2 N–H and O–H groups in total. The van der Waals surface area contributed by atoms with Crippen LogP contribution in [0.5, 0.6) is 5.75 Å². The molecule has 120 valence electrons. The van der Waals surface area contributed by atoms with Crippen LogP contribution in [0.1, 0.15) is 17.2 Å². The molecular weight excluding hydrogens is 362 g/mol. The summed E-state index contributed by atoms with van der Waals surface area (Å²) in [5, 5.41) is 0.871. The lowest BCUT2D eigenvalue weighted by atomic mass is 9.99. The molecule has 0 amide bonds. The van der Waals surface area contributed by atoms with Crippen LogP contribution < -0.4 is 10.5 Å². The van der Waals surface area contributed by atoms with Gasteiger partial charge in [-0.3, -0.25) is 0 Å². The van der Waals surface area contributed by atoms with Gasteiger partial charge in [-0.05, 0) is 35.4 Å². The van der Waals surface area contributed by atoms with E-state index >= 15 is 0 Å². The fraction of sp³-hybridized carbons (Fsp3) is 0.143. The second kappa shape index (κ2) is 7.42. The summed E-state index contributed by atoms with van der Waals surface area (Å²) < 4.78 is 40.0. The summed E-state index contributed by atoms with van der Waals surface area (Å²) in [5.74, 6) is -0.305. The zero-order chi connectivity index (χ0) is 15.6. The molecule has 2 aromatic rings. The molecule has 0 aliphatic rings. The maximum absolute atomic E-state index is 12.1. The zero-order valence-electron chi connectivity index (χ0n) is 10.9. The first-order valence-corrected chi connectivity index (χ1v) is 6.58. The lowest BCUT2D eigenvalue weighted by molar-refractivity contribution is -0.274. The number of alkyl halides is 3. The average Bonchev–Trinajstić information content (AvgIpc) is 2.37. The highest BCUT2D eigenvalue weighted by atomic mass is 35.5. The van der Waals surface area contributed by atoms with E-state index in [4.69, 9.17) is 28.9 Å². The molecule has 0 heterocycles. The van der Waals surface area contributed by atoms with Crippen LogP contribution in [0, 0.1) is 0 Å². The highest BCUT2D eigenvalue weighted by Crippen LogP contribution is 2.30. The maximum atomic E-state index is 12.1. The number of hydrogen-bond donors (Lipinski definition) is 1. The Balaban J connectivity index is 0.00000242. The van der Waals surface area contributed by atoms with Crippen molar-refractivity contribution in [3.05, 3.63) is 63.6 Å². The molecule has 0 aliphatic carbocycles. The van der Waals surface area contributed by atoms with Crippen molar-refractivity contribution in [2.45, 2.75) is 12.4 Å². The van der Waals surface area contributed by atoms with E-state index in [1.165, 1.54) is 24.3 Å². The second-order valence-corrected chi connectivity index (χ2v) is 5.10. The smallest absolute Gasteiger partial charge is 0.406 e. The summed E-state index contributed by atoms with van der Waals surface area (Å²) in [6.45, 7) is 0. The van der Waals surface area contributed by atoms with Gasteiger partial charge in [0.1, 0.15) is 5.75 Å². The third kappa shape index (κ3) is 4.95. The summed E-state index contributed by atoms with van der Waals surface area (Å²) >= 11 is 11.9. The number of nitrogens with two attached hydrogens (primary N) is 1. The lowest BCUT2D eigenvalue weighted by Gasteiger charge is -2.15. The molecule has 0 saturated heterocycles. The SMILES string of the molecule is Cl.N[C@@H](c1ccc(OC(F)(F)F)cc1)c1ccc(Cl)cc1Cl. The zero-order valence-corrected chi connectivity index (χ0v) is 13.2. The van der Waals surface area contributed by atoms with E-state index in [0.717, 1.165) is 0 Å². The Labute approximate surface area is 141 Å². The van der Waals surface area contributed by atoms with Gasteiger partial charge < -0.3 is 10.5 Å². The van der Waals surface area contributed by atoms with Gasteiger partial charge in [0, 0.05) is 10.0 Å². The highest BCUT2D eigenvalue weighted by molar-refractivity contribution is 6.35. The van der Waals surface area contributed by atoms with Crippen molar-refractivity contribution < 1.29 is 17.9 Å². The molecule has 2 nitrogen and oxygen atoms in total. The van der Waals surface area contributed by atoms with Gasteiger partial charge in [0.05, 0.1) is 6.04 Å². The topological polar surface area (TPSA) is 35.2 Å². The first-order chi connectivity index (χ1) is 9.76. The minimum absolute atomic E-state index is 0. The van der Waals surface area contributed by atoms with Gasteiger partial charge in [0.15, 0.2) is 0 Å². The minimum Gasteiger partial charge on any atom is -0.406 e. The average molecular weight is 373 g/mol. The van der Waals surface area contributed by atoms with E-state index < -0.39 is 12.4 Å². The molecule has 0 unspecified atom stereocenters. The summed E-state index contributed by atoms with van der Waals surface area (Å²) in [5.41, 5.74) is 7.29. The molecule has 0 aliphatic heterocycles. The Morgan fingerprint density at radius 2 is 1.59 bits per heavy atom. The highest BCUT2D eigenvalue weighted by Gasteiger charge is 2.31. The second-order valence-electron chi connectivity index (χ2n) is 4.26. The van der Waals surface area contributed by atoms with E-state index in [-0.39, 0.29) is 18.2 Å². The van der Waals surface area contributed by atoms with E-state index in [1.807, 2.05) is 0 Å². The molecule has 22 heavy (non-hydrogen) atoms. The van der Waals surface area contributed by atoms with E-state index in [9.17, 15) is 13.2 Å². The maximum Gasteiger partial charge on any atom is 0.573 e. The van der Waals surface area contributed by atoms with Crippen molar-refractivity contribution in [2.24, 2.45) is 5.73 Å². The molecule has 0 saturated carbocycles. The van der Waals surface area contributed by atoms with E-state index in [0.29, 0.717) is 21.2 Å². The van der Waals surface area contributed by atoms with E-state index in [1.54, 1.807) is 18.2 Å². The first-order valence-electron chi connectivity index (χ1n) is 5.82. The van der Waals surface area contributed by atoms with E-state index in [2.05, 4.69) is 4.74 Å². The van der Waals surface area contributed by atoms with Crippen molar-refractivity contribution in [1.82, 2.24) is 0 Å². The molecule has 0 aromatic heterocycles. The summed E-state index contributed by atoms with van der Waals surface area (Å²) in [6, 6.07) is 9.61. The molecule has 0 fully saturated rings. The van der Waals surface area contributed by atoms with Crippen molar-refractivity contribution in [1.29, 1.82) is 0 Å². The number of hydrogen-bond acceptors (Lipinski definition) is 2. The fourth-order valence-electron chi connectivity index (χ4n) is 1.81. The summed E-state index contributed by atoms with van der Waals surface area (Å²) in [6.07, 6.45) is -4.72. The van der Waals surface area contributed by atoms with Crippen LogP contribution in [0.4, 0.5) is 13.2 Å². The van der Waals surface area contributed by atoms with Gasteiger partial charge in [-0.15, -0.1) is 25.6 Å². The fourth-order valence-corrected chi connectivity index (χ4v) is 2.34. The van der Waals surface area contributed by atoms with Gasteiger partial charge in [-0.2, -0.15) is 0 Å². The molecule has 0 bridgehead atoms. The van der Waals surface area contributed by atoms with Gasteiger partial charge in [-0.1, -0.05) is 41.4 Å². The molecule has 0 spiro atoms. The van der Waals surface area contributed by atoms with Gasteiger partial charge >= 0.3 is 6.36 Å². The lowest BCUT2D eigenvalue weighted by Crippen LogP contribution is -2.17. The number of halogens is 6. The van der Waals surface area contributed by atoms with Crippen LogP contribution in [0.3, 0.4) is 0 Å². The largest absolute Gasteiger partial charge is 0.573 e. The Morgan fingerprint density at radius 3 is 2.09 bits per heavy atom. The molecule has 8 heteroatoms. The normalized spacial score (nSPS) is 12.5. The molecule has 1 atom stereocenters. The van der Waals surface area contributed by atoms with Crippen molar-refractivity contribution in [2.75, 3.05) is 0 Å². The standard InChI is InChI=1S/C14H10Cl2F3NO.ClH/c15-9-3-6-11(12(16)7-9)13(20)8-1-4-10(5-2-8)21-14(17,18)19;/h1-7,13H,20H2;1H/t13-;/m0./s1. The van der Waals surface area contributed by atoms with Crippen molar-refractivity contribution in [3.63, 3.8) is 0 Å². The number of ether oxygens (including phenoxy) is 1. The number of benzene rings is 2. The molecule has 2 aromatic carbocycles. The first kappa shape index (κ1) is 18.9.